The zero-order valence-corrected chi connectivity index (χ0v) is 19.3. The van der Waals surface area contributed by atoms with Crippen LogP contribution in [0.25, 0.3) is 0 Å². The number of nitro benzene ring substituents is 1. The largest absolute Gasteiger partial charge is 0.399 e. The van der Waals surface area contributed by atoms with Crippen LogP contribution >= 0.6 is 0 Å². The topological polar surface area (TPSA) is 131 Å². The molecule has 178 valence electrons. The molecule has 9 heteroatoms. The van der Waals surface area contributed by atoms with Gasteiger partial charge in [-0.25, -0.2) is 0 Å². The number of piperidine rings is 2. The highest BCUT2D eigenvalue weighted by Crippen LogP contribution is 2.32. The Labute approximate surface area is 194 Å². The molecule has 0 aliphatic carbocycles. The van der Waals surface area contributed by atoms with Gasteiger partial charge in [0.1, 0.15) is 5.69 Å². The number of nitro groups is 1. The zero-order valence-electron chi connectivity index (χ0n) is 19.3. The van der Waals surface area contributed by atoms with Crippen molar-refractivity contribution < 1.29 is 9.72 Å². The first kappa shape index (κ1) is 24.2. The fraction of sp³-hybridized carbons (Fsp3) is 0.458. The molecule has 9 nitrogen and oxygen atoms in total. The van der Waals surface area contributed by atoms with Gasteiger partial charge < -0.3 is 26.6 Å². The number of carbonyl (C=O) groups excluding carboxylic acids is 1. The molecule has 0 atom stereocenters. The third kappa shape index (κ3) is 6.74. The van der Waals surface area contributed by atoms with Crippen LogP contribution in [0.15, 0.2) is 36.4 Å². The molecule has 1 amide bonds. The summed E-state index contributed by atoms with van der Waals surface area (Å²) in [5.74, 6) is -0.0561. The van der Waals surface area contributed by atoms with E-state index in [1.165, 1.54) is 38.7 Å². The van der Waals surface area contributed by atoms with Gasteiger partial charge >= 0.3 is 0 Å². The highest BCUT2D eigenvalue weighted by molar-refractivity contribution is 5.90. The molecule has 2 aliphatic rings. The number of carbonyl (C=O) groups is 1. The van der Waals surface area contributed by atoms with Crippen LogP contribution in [0.1, 0.15) is 45.4 Å². The van der Waals surface area contributed by atoms with Crippen molar-refractivity contribution in [2.45, 2.75) is 45.4 Å². The zero-order chi connectivity index (χ0) is 23.8. The Morgan fingerprint density at radius 3 is 2.00 bits per heavy atom. The molecule has 0 spiro atoms. The van der Waals surface area contributed by atoms with Crippen molar-refractivity contribution in [3.8, 4) is 0 Å². The van der Waals surface area contributed by atoms with Crippen LogP contribution in [0.5, 0.6) is 0 Å². The van der Waals surface area contributed by atoms with E-state index >= 15 is 0 Å². The van der Waals surface area contributed by atoms with Crippen LogP contribution in [0.3, 0.4) is 0 Å². The van der Waals surface area contributed by atoms with E-state index in [1.807, 2.05) is 18.2 Å². The predicted molar refractivity (Wildman–Crippen MR) is 135 cm³/mol. The summed E-state index contributed by atoms with van der Waals surface area (Å²) >= 11 is 0. The van der Waals surface area contributed by atoms with Crippen molar-refractivity contribution in [3.63, 3.8) is 0 Å². The van der Waals surface area contributed by atoms with Gasteiger partial charge in [-0.3, -0.25) is 14.9 Å². The van der Waals surface area contributed by atoms with E-state index in [-0.39, 0.29) is 16.5 Å². The number of hydrogen-bond acceptors (Lipinski definition) is 7. The number of nitrogens with zero attached hydrogens (tertiary/aromatic N) is 3. The smallest absolute Gasteiger partial charge is 0.292 e. The van der Waals surface area contributed by atoms with Crippen LogP contribution in [0.2, 0.25) is 0 Å². The van der Waals surface area contributed by atoms with Crippen molar-refractivity contribution >= 4 is 40.0 Å². The lowest BCUT2D eigenvalue weighted by Crippen LogP contribution is -2.30. The lowest BCUT2D eigenvalue weighted by Gasteiger charge is -2.30. The third-order valence-corrected chi connectivity index (χ3v) is 5.94. The molecule has 4 rings (SSSR count). The molecule has 0 aromatic heterocycles. The minimum atomic E-state index is -0.344. The van der Waals surface area contributed by atoms with E-state index in [0.29, 0.717) is 11.4 Å². The number of anilines is 5. The van der Waals surface area contributed by atoms with E-state index in [4.69, 9.17) is 11.5 Å². The highest BCUT2D eigenvalue weighted by Gasteiger charge is 2.21. The summed E-state index contributed by atoms with van der Waals surface area (Å²) in [4.78, 5) is 25.9. The first-order valence-corrected chi connectivity index (χ1v) is 11.6. The van der Waals surface area contributed by atoms with Gasteiger partial charge in [0.15, 0.2) is 0 Å². The van der Waals surface area contributed by atoms with E-state index in [9.17, 15) is 14.9 Å². The molecular formula is C24H34N6O3. The molecule has 2 saturated heterocycles. The standard InChI is InChI=1S/C13H19N3O.C11H15N3O2/c1-10(17)15-11-5-6-12(14)13(9-11)16-7-3-2-4-8-16;12-9-4-5-10(14(15)16)11(8-9)13-6-2-1-3-7-13/h5-6,9H,2-4,7-8,14H2,1H3,(H,15,17);4-5,8H,1-3,6-7,12H2. The van der Waals surface area contributed by atoms with E-state index < -0.39 is 0 Å². The van der Waals surface area contributed by atoms with E-state index in [2.05, 4.69) is 15.1 Å². The second-order valence-electron chi connectivity index (χ2n) is 8.56. The van der Waals surface area contributed by atoms with E-state index in [0.717, 1.165) is 56.1 Å². The maximum Gasteiger partial charge on any atom is 0.292 e. The minimum absolute atomic E-state index is 0.0561. The number of benzene rings is 2. The van der Waals surface area contributed by atoms with Crippen LogP contribution in [-0.2, 0) is 4.79 Å². The summed E-state index contributed by atoms with van der Waals surface area (Å²) in [6.07, 6.45) is 7.10. The minimum Gasteiger partial charge on any atom is -0.399 e. The quantitative estimate of drug-likeness (QED) is 0.355. The molecule has 2 aromatic carbocycles. The Kier molecular flexibility index (Phi) is 8.34. The highest BCUT2D eigenvalue weighted by atomic mass is 16.6. The summed E-state index contributed by atoms with van der Waals surface area (Å²) in [7, 11) is 0. The van der Waals surface area contributed by atoms with Crippen molar-refractivity contribution in [1.82, 2.24) is 0 Å². The van der Waals surface area contributed by atoms with E-state index in [1.54, 1.807) is 12.1 Å². The number of rotatable bonds is 4. The van der Waals surface area contributed by atoms with Crippen molar-refractivity contribution in [3.05, 3.63) is 46.5 Å². The maximum absolute atomic E-state index is 11.0. The SMILES string of the molecule is CC(=O)Nc1ccc(N)c(N2CCCCC2)c1.Nc1ccc([N+](=O)[O-])c(N2CCCCC2)c1. The average Bonchev–Trinajstić information content (AvgIpc) is 2.81. The molecule has 0 saturated carbocycles. The molecule has 2 fully saturated rings. The van der Waals surface area contributed by atoms with Crippen LogP contribution in [0.4, 0.5) is 34.1 Å². The summed E-state index contributed by atoms with van der Waals surface area (Å²) in [5, 5.41) is 13.7. The van der Waals surface area contributed by atoms with Gasteiger partial charge in [-0.1, -0.05) is 0 Å². The third-order valence-electron chi connectivity index (χ3n) is 5.94. The number of nitrogens with one attached hydrogen (secondary N) is 1. The number of nitrogen functional groups attached to an aromatic ring is 2. The van der Waals surface area contributed by atoms with Crippen LogP contribution in [0, 0.1) is 10.1 Å². The summed E-state index contributed by atoms with van der Waals surface area (Å²) in [6.45, 7) is 5.37. The predicted octanol–water partition coefficient (Wildman–Crippen LogP) is 4.38. The Morgan fingerprint density at radius 2 is 1.45 bits per heavy atom. The van der Waals surface area contributed by atoms with Crippen LogP contribution in [-0.4, -0.2) is 37.0 Å². The molecule has 2 aliphatic heterocycles. The molecule has 0 bridgehead atoms. The number of amides is 1. The summed E-state index contributed by atoms with van der Waals surface area (Å²) in [5.41, 5.74) is 15.7. The normalized spacial score (nSPS) is 15.9. The summed E-state index contributed by atoms with van der Waals surface area (Å²) in [6, 6.07) is 10.4. The first-order valence-electron chi connectivity index (χ1n) is 11.6. The second-order valence-corrected chi connectivity index (χ2v) is 8.56. The van der Waals surface area contributed by atoms with Crippen molar-refractivity contribution in [1.29, 1.82) is 0 Å². The monoisotopic (exact) mass is 454 g/mol. The second kappa shape index (κ2) is 11.4. The fourth-order valence-corrected chi connectivity index (χ4v) is 4.32. The average molecular weight is 455 g/mol. The molecular weight excluding hydrogens is 420 g/mol. The van der Waals surface area contributed by atoms with Gasteiger partial charge in [-0.05, 0) is 68.9 Å². The first-order chi connectivity index (χ1) is 15.8. The van der Waals surface area contributed by atoms with Gasteiger partial charge in [-0.15, -0.1) is 0 Å². The van der Waals surface area contributed by atoms with Crippen molar-refractivity contribution in [2.24, 2.45) is 0 Å². The maximum atomic E-state index is 11.0. The summed E-state index contributed by atoms with van der Waals surface area (Å²) < 4.78 is 0. The number of nitrogens with two attached hydrogens (primary N) is 2. The molecule has 2 heterocycles. The molecule has 33 heavy (non-hydrogen) atoms. The molecule has 5 N–H and O–H groups in total. The molecule has 0 unspecified atom stereocenters. The Balaban J connectivity index is 0.000000186. The number of hydrogen-bond donors (Lipinski definition) is 3. The van der Waals surface area contributed by atoms with Crippen molar-refractivity contribution in [2.75, 3.05) is 52.8 Å². The van der Waals surface area contributed by atoms with Gasteiger partial charge in [0, 0.05) is 50.5 Å². The Morgan fingerprint density at radius 1 is 0.879 bits per heavy atom. The van der Waals surface area contributed by atoms with Gasteiger partial charge in [0.05, 0.1) is 16.3 Å². The lowest BCUT2D eigenvalue weighted by atomic mass is 10.1. The molecule has 2 aromatic rings. The Bertz CT molecular complexity index is 969. The Hall–Kier alpha value is -3.49. The van der Waals surface area contributed by atoms with Gasteiger partial charge in [-0.2, -0.15) is 0 Å². The van der Waals surface area contributed by atoms with Crippen LogP contribution < -0.4 is 26.6 Å². The fourth-order valence-electron chi connectivity index (χ4n) is 4.32. The molecule has 0 radical (unpaired) electrons. The lowest BCUT2D eigenvalue weighted by molar-refractivity contribution is -0.384. The van der Waals surface area contributed by atoms with Gasteiger partial charge in [0.2, 0.25) is 5.91 Å². The van der Waals surface area contributed by atoms with Gasteiger partial charge in [0.25, 0.3) is 5.69 Å².